The van der Waals surface area contributed by atoms with Crippen LogP contribution in [-0.4, -0.2) is 5.11 Å². The predicted molar refractivity (Wildman–Crippen MR) is 76.0 cm³/mol. The number of azo groups is 1. The summed E-state index contributed by atoms with van der Waals surface area (Å²) in [6.07, 6.45) is 0. The van der Waals surface area contributed by atoms with E-state index in [-0.39, 0.29) is 0 Å². The molecule has 98 valence electrons. The molecule has 0 amide bonds. The predicted octanol–water partition coefficient (Wildman–Crippen LogP) is 4.16. The van der Waals surface area contributed by atoms with E-state index < -0.39 is 5.72 Å². The molecule has 0 saturated heterocycles. The van der Waals surface area contributed by atoms with Crippen LogP contribution in [0, 0.1) is 0 Å². The highest BCUT2D eigenvalue weighted by Crippen LogP contribution is 2.24. The lowest BCUT2D eigenvalue weighted by Crippen LogP contribution is -2.17. The number of aliphatic hydroxyl groups is 1. The molecule has 0 saturated carbocycles. The van der Waals surface area contributed by atoms with Gasteiger partial charge in [-0.15, -0.1) is 0 Å². The molecule has 0 radical (unpaired) electrons. The highest BCUT2D eigenvalue weighted by atomic mass is 35.5. The Kier molecular flexibility index (Phi) is 4.30. The van der Waals surface area contributed by atoms with Gasteiger partial charge in [0.2, 0.25) is 0 Å². The number of rotatable bonds is 4. The van der Waals surface area contributed by atoms with Gasteiger partial charge in [0.05, 0.1) is 6.54 Å². The van der Waals surface area contributed by atoms with E-state index in [2.05, 4.69) is 10.2 Å². The Balaban J connectivity index is 2.06. The van der Waals surface area contributed by atoms with Gasteiger partial charge in [-0.05, 0) is 24.6 Å². The van der Waals surface area contributed by atoms with E-state index in [1.54, 1.807) is 31.2 Å². The van der Waals surface area contributed by atoms with Gasteiger partial charge in [0.15, 0.2) is 5.72 Å². The fourth-order valence-electron chi connectivity index (χ4n) is 1.66. The van der Waals surface area contributed by atoms with Gasteiger partial charge in [-0.25, -0.2) is 0 Å². The normalized spacial score (nSPS) is 14.5. The van der Waals surface area contributed by atoms with Crippen LogP contribution in [0.15, 0.2) is 64.8 Å². The summed E-state index contributed by atoms with van der Waals surface area (Å²) in [5.41, 5.74) is 0.381. The quantitative estimate of drug-likeness (QED) is 0.836. The lowest BCUT2D eigenvalue weighted by molar-refractivity contribution is 0.0581. The molecule has 2 rings (SSSR count). The van der Waals surface area contributed by atoms with Gasteiger partial charge in [0, 0.05) is 10.6 Å². The summed E-state index contributed by atoms with van der Waals surface area (Å²) in [5.74, 6) is 0. The summed E-state index contributed by atoms with van der Waals surface area (Å²) < 4.78 is 0. The minimum atomic E-state index is -1.33. The van der Waals surface area contributed by atoms with E-state index >= 15 is 0 Å². The maximum atomic E-state index is 10.3. The van der Waals surface area contributed by atoms with Crippen LogP contribution in [0.5, 0.6) is 0 Å². The molecule has 4 heteroatoms. The second-order valence-corrected chi connectivity index (χ2v) is 4.85. The Labute approximate surface area is 117 Å². The van der Waals surface area contributed by atoms with Crippen molar-refractivity contribution in [2.24, 2.45) is 10.2 Å². The second-order valence-electron chi connectivity index (χ2n) is 4.41. The van der Waals surface area contributed by atoms with Gasteiger partial charge in [-0.1, -0.05) is 54.1 Å². The van der Waals surface area contributed by atoms with Crippen molar-refractivity contribution < 1.29 is 5.11 Å². The van der Waals surface area contributed by atoms with Gasteiger partial charge in [0.1, 0.15) is 0 Å². The molecule has 0 fully saturated rings. The van der Waals surface area contributed by atoms with Crippen LogP contribution in [-0.2, 0) is 12.3 Å². The van der Waals surface area contributed by atoms with Crippen molar-refractivity contribution in [1.29, 1.82) is 0 Å². The summed E-state index contributed by atoms with van der Waals surface area (Å²) in [5, 5.41) is 18.9. The maximum Gasteiger partial charge on any atom is 0.199 e. The monoisotopic (exact) mass is 274 g/mol. The molecule has 0 heterocycles. The van der Waals surface area contributed by atoms with Gasteiger partial charge in [-0.3, -0.25) is 0 Å². The number of hydrogen-bond donors (Lipinski definition) is 1. The Bertz CT molecular complexity index is 550. The van der Waals surface area contributed by atoms with E-state index in [0.29, 0.717) is 17.1 Å². The summed E-state index contributed by atoms with van der Waals surface area (Å²) in [6.45, 7) is 2.05. The van der Waals surface area contributed by atoms with Crippen LogP contribution >= 0.6 is 11.6 Å². The molecule has 0 spiro atoms. The summed E-state index contributed by atoms with van der Waals surface area (Å²) in [6, 6.07) is 16.7. The average Bonchev–Trinajstić information content (AvgIpc) is 2.40. The third kappa shape index (κ3) is 3.88. The Morgan fingerprint density at radius 3 is 2.32 bits per heavy atom. The smallest absolute Gasteiger partial charge is 0.199 e. The van der Waals surface area contributed by atoms with E-state index in [9.17, 15) is 5.11 Å². The first-order valence-corrected chi connectivity index (χ1v) is 6.37. The summed E-state index contributed by atoms with van der Waals surface area (Å²) in [7, 11) is 0. The first kappa shape index (κ1) is 13.7. The zero-order valence-electron chi connectivity index (χ0n) is 10.6. The summed E-state index contributed by atoms with van der Waals surface area (Å²) >= 11 is 5.81. The lowest BCUT2D eigenvalue weighted by atomic mass is 10.1. The lowest BCUT2D eigenvalue weighted by Gasteiger charge is -2.17. The van der Waals surface area contributed by atoms with Gasteiger partial charge >= 0.3 is 0 Å². The highest BCUT2D eigenvalue weighted by molar-refractivity contribution is 6.30. The van der Waals surface area contributed by atoms with Crippen LogP contribution in [0.4, 0.5) is 0 Å². The molecular weight excluding hydrogens is 260 g/mol. The van der Waals surface area contributed by atoms with Crippen LogP contribution < -0.4 is 0 Å². The van der Waals surface area contributed by atoms with Crippen LogP contribution in [0.2, 0.25) is 5.02 Å². The molecule has 2 aromatic rings. The molecule has 0 aliphatic carbocycles. The zero-order chi connectivity index (χ0) is 13.7. The maximum absolute atomic E-state index is 10.3. The first-order chi connectivity index (χ1) is 9.08. The van der Waals surface area contributed by atoms with Crippen LogP contribution in [0.1, 0.15) is 18.1 Å². The van der Waals surface area contributed by atoms with Gasteiger partial charge in [-0.2, -0.15) is 10.2 Å². The third-order valence-electron chi connectivity index (χ3n) is 2.75. The Morgan fingerprint density at radius 2 is 1.68 bits per heavy atom. The second kappa shape index (κ2) is 5.95. The van der Waals surface area contributed by atoms with Crippen molar-refractivity contribution in [3.63, 3.8) is 0 Å². The zero-order valence-corrected chi connectivity index (χ0v) is 11.4. The Morgan fingerprint density at radius 1 is 1.05 bits per heavy atom. The van der Waals surface area contributed by atoms with Gasteiger partial charge in [0.25, 0.3) is 0 Å². The fraction of sp³-hybridized carbons (Fsp3) is 0.200. The molecule has 0 aliphatic heterocycles. The van der Waals surface area contributed by atoms with Crippen molar-refractivity contribution in [2.45, 2.75) is 19.2 Å². The summed E-state index contributed by atoms with van der Waals surface area (Å²) in [4.78, 5) is 0. The van der Waals surface area contributed by atoms with Crippen molar-refractivity contribution in [2.75, 3.05) is 0 Å². The van der Waals surface area contributed by atoms with Gasteiger partial charge < -0.3 is 5.11 Å². The molecule has 1 unspecified atom stereocenters. The molecule has 1 atom stereocenters. The first-order valence-electron chi connectivity index (χ1n) is 5.99. The molecule has 0 aromatic heterocycles. The van der Waals surface area contributed by atoms with Crippen molar-refractivity contribution in [3.8, 4) is 0 Å². The van der Waals surface area contributed by atoms with Crippen molar-refractivity contribution >= 4 is 11.6 Å². The molecule has 19 heavy (non-hydrogen) atoms. The minimum absolute atomic E-state index is 0.449. The average molecular weight is 275 g/mol. The number of hydrogen-bond acceptors (Lipinski definition) is 3. The van der Waals surface area contributed by atoms with E-state index in [1.807, 2.05) is 30.3 Å². The standard InChI is InChI=1S/C15H15ClN2O/c1-15(19,13-7-9-14(16)10-8-13)18-17-11-12-5-3-2-4-6-12/h2-10,19H,11H2,1H3/b18-17+. The third-order valence-corrected chi connectivity index (χ3v) is 3.00. The SMILES string of the molecule is CC(O)(/N=N/Cc1ccccc1)c1ccc(Cl)cc1. The van der Waals surface area contributed by atoms with Crippen LogP contribution in [0.25, 0.3) is 0 Å². The molecule has 0 bridgehead atoms. The van der Waals surface area contributed by atoms with Crippen molar-refractivity contribution in [3.05, 3.63) is 70.7 Å². The van der Waals surface area contributed by atoms with Crippen molar-refractivity contribution in [1.82, 2.24) is 0 Å². The molecule has 1 N–H and O–H groups in total. The largest absolute Gasteiger partial charge is 0.364 e. The van der Waals surface area contributed by atoms with Crippen LogP contribution in [0.3, 0.4) is 0 Å². The number of nitrogens with zero attached hydrogens (tertiary/aromatic N) is 2. The minimum Gasteiger partial charge on any atom is -0.364 e. The topological polar surface area (TPSA) is 45.0 Å². The number of benzene rings is 2. The Hall–Kier alpha value is -1.71. The highest BCUT2D eigenvalue weighted by Gasteiger charge is 2.21. The fourth-order valence-corrected chi connectivity index (χ4v) is 1.79. The molecule has 3 nitrogen and oxygen atoms in total. The number of halogens is 1. The molecule has 0 aliphatic rings. The van der Waals surface area contributed by atoms with E-state index in [0.717, 1.165) is 5.56 Å². The molecular formula is C15H15ClN2O. The molecule has 2 aromatic carbocycles. The van der Waals surface area contributed by atoms with E-state index in [1.165, 1.54) is 0 Å². The van der Waals surface area contributed by atoms with E-state index in [4.69, 9.17) is 11.6 Å².